The number of aryl methyl sites for hydroxylation is 2. The van der Waals surface area contributed by atoms with Gasteiger partial charge in [0.05, 0.1) is 16.8 Å². The maximum absolute atomic E-state index is 12.4. The lowest BCUT2D eigenvalue weighted by Crippen LogP contribution is -2.15. The molecule has 0 saturated heterocycles. The van der Waals surface area contributed by atoms with Crippen molar-refractivity contribution in [1.29, 1.82) is 0 Å². The molecular weight excluding hydrogens is 328 g/mol. The van der Waals surface area contributed by atoms with Crippen molar-refractivity contribution in [2.24, 2.45) is 0 Å². The number of nitrogens with zero attached hydrogens (tertiary/aromatic N) is 2. The minimum absolute atomic E-state index is 0.229. The van der Waals surface area contributed by atoms with Crippen molar-refractivity contribution < 1.29 is 12.9 Å². The van der Waals surface area contributed by atoms with Crippen LogP contribution in [0, 0.1) is 13.8 Å². The van der Waals surface area contributed by atoms with E-state index in [2.05, 4.69) is 20.2 Å². The summed E-state index contributed by atoms with van der Waals surface area (Å²) >= 11 is 0. The molecule has 0 unspecified atom stereocenters. The van der Waals surface area contributed by atoms with Crippen LogP contribution in [0.2, 0.25) is 0 Å². The molecule has 0 spiro atoms. The number of aromatic nitrogens is 2. The number of benzene rings is 1. The molecule has 0 bridgehead atoms. The van der Waals surface area contributed by atoms with Crippen LogP contribution in [0.5, 0.6) is 0 Å². The second-order valence-electron chi connectivity index (χ2n) is 5.25. The fourth-order valence-corrected chi connectivity index (χ4v) is 3.41. The first-order valence-corrected chi connectivity index (χ1v) is 8.67. The van der Waals surface area contributed by atoms with Crippen molar-refractivity contribution in [1.82, 2.24) is 10.1 Å². The van der Waals surface area contributed by atoms with Crippen LogP contribution in [0.15, 0.2) is 58.1 Å². The molecule has 2 heterocycles. The zero-order chi connectivity index (χ0) is 17.2. The summed E-state index contributed by atoms with van der Waals surface area (Å²) in [5.41, 5.74) is 1.34. The number of nitrogens with one attached hydrogen (secondary N) is 2. The number of anilines is 3. The van der Waals surface area contributed by atoms with E-state index in [1.807, 2.05) is 0 Å². The van der Waals surface area contributed by atoms with Crippen molar-refractivity contribution in [3.63, 3.8) is 0 Å². The van der Waals surface area contributed by atoms with Gasteiger partial charge in [0.15, 0.2) is 5.82 Å². The number of rotatable bonds is 5. The molecule has 3 aromatic rings. The van der Waals surface area contributed by atoms with Crippen LogP contribution in [0.4, 0.5) is 17.3 Å². The second-order valence-corrected chi connectivity index (χ2v) is 6.90. The molecule has 2 aromatic heterocycles. The van der Waals surface area contributed by atoms with Gasteiger partial charge in [0.1, 0.15) is 11.6 Å². The topological polar surface area (TPSA) is 97.1 Å². The van der Waals surface area contributed by atoms with Crippen LogP contribution in [0.25, 0.3) is 0 Å². The standard InChI is InChI=1S/C16H16N4O3S/c1-11-5-3-4-6-14(11)24(21,22)20-15-8-7-13(10-17-15)18-16-9-12(2)23-19-16/h3-10H,1-2H3,(H,17,20)(H,18,19). The first-order valence-electron chi connectivity index (χ1n) is 7.19. The quantitative estimate of drug-likeness (QED) is 0.737. The minimum atomic E-state index is -3.67. The Morgan fingerprint density at radius 3 is 2.46 bits per heavy atom. The zero-order valence-corrected chi connectivity index (χ0v) is 14.0. The van der Waals surface area contributed by atoms with Gasteiger partial charge in [-0.1, -0.05) is 23.4 Å². The van der Waals surface area contributed by atoms with Crippen LogP contribution < -0.4 is 10.0 Å². The molecule has 0 saturated carbocycles. The smallest absolute Gasteiger partial charge is 0.263 e. The molecule has 0 aliphatic heterocycles. The molecular formula is C16H16N4O3S. The molecule has 7 nitrogen and oxygen atoms in total. The Balaban J connectivity index is 1.75. The van der Waals surface area contributed by atoms with E-state index in [1.165, 1.54) is 6.20 Å². The van der Waals surface area contributed by atoms with Crippen LogP contribution in [-0.4, -0.2) is 18.6 Å². The maximum atomic E-state index is 12.4. The summed E-state index contributed by atoms with van der Waals surface area (Å²) in [5.74, 6) is 1.48. The SMILES string of the molecule is Cc1cc(Nc2ccc(NS(=O)(=O)c3ccccc3C)nc2)no1. The van der Waals surface area contributed by atoms with Crippen molar-refractivity contribution in [3.8, 4) is 0 Å². The Kier molecular flexibility index (Phi) is 4.22. The number of pyridine rings is 1. The van der Waals surface area contributed by atoms with Gasteiger partial charge in [-0.15, -0.1) is 0 Å². The number of sulfonamides is 1. The normalized spacial score (nSPS) is 11.2. The van der Waals surface area contributed by atoms with Gasteiger partial charge in [-0.05, 0) is 37.6 Å². The molecule has 0 atom stereocenters. The van der Waals surface area contributed by atoms with E-state index >= 15 is 0 Å². The first kappa shape index (κ1) is 16.0. The fraction of sp³-hybridized carbons (Fsp3) is 0.125. The van der Waals surface area contributed by atoms with Gasteiger partial charge >= 0.3 is 0 Å². The molecule has 24 heavy (non-hydrogen) atoms. The summed E-state index contributed by atoms with van der Waals surface area (Å²) < 4.78 is 32.3. The predicted molar refractivity (Wildman–Crippen MR) is 90.7 cm³/mol. The van der Waals surface area contributed by atoms with Crippen LogP contribution in [0.1, 0.15) is 11.3 Å². The van der Waals surface area contributed by atoms with Gasteiger partial charge in [0, 0.05) is 6.07 Å². The molecule has 3 rings (SSSR count). The van der Waals surface area contributed by atoms with Gasteiger partial charge in [0.2, 0.25) is 0 Å². The lowest BCUT2D eigenvalue weighted by molar-refractivity contribution is 0.400. The second kappa shape index (κ2) is 6.32. The van der Waals surface area contributed by atoms with E-state index in [0.717, 1.165) is 0 Å². The molecule has 0 aliphatic rings. The highest BCUT2D eigenvalue weighted by Crippen LogP contribution is 2.20. The monoisotopic (exact) mass is 344 g/mol. The van der Waals surface area contributed by atoms with E-state index in [-0.39, 0.29) is 10.7 Å². The lowest BCUT2D eigenvalue weighted by atomic mass is 10.2. The molecule has 0 radical (unpaired) electrons. The summed E-state index contributed by atoms with van der Waals surface area (Å²) in [7, 11) is -3.67. The number of hydrogen-bond acceptors (Lipinski definition) is 6. The molecule has 1 aromatic carbocycles. The third-order valence-corrected chi connectivity index (χ3v) is 4.80. The zero-order valence-electron chi connectivity index (χ0n) is 13.1. The summed E-state index contributed by atoms with van der Waals surface area (Å²) in [5, 5.41) is 6.83. The van der Waals surface area contributed by atoms with Crippen molar-refractivity contribution in [2.75, 3.05) is 10.0 Å². The van der Waals surface area contributed by atoms with Crippen LogP contribution in [-0.2, 0) is 10.0 Å². The summed E-state index contributed by atoms with van der Waals surface area (Å²) in [6, 6.07) is 11.8. The van der Waals surface area contributed by atoms with Gasteiger partial charge < -0.3 is 9.84 Å². The highest BCUT2D eigenvalue weighted by molar-refractivity contribution is 7.92. The predicted octanol–water partition coefficient (Wildman–Crippen LogP) is 3.23. The average Bonchev–Trinajstić information content (AvgIpc) is 2.94. The molecule has 0 amide bonds. The van der Waals surface area contributed by atoms with E-state index in [1.54, 1.807) is 56.3 Å². The van der Waals surface area contributed by atoms with Gasteiger partial charge in [0.25, 0.3) is 10.0 Å². The Morgan fingerprint density at radius 1 is 1.04 bits per heavy atom. The van der Waals surface area contributed by atoms with E-state index in [0.29, 0.717) is 22.8 Å². The van der Waals surface area contributed by atoms with E-state index < -0.39 is 10.0 Å². The average molecular weight is 344 g/mol. The van der Waals surface area contributed by atoms with Gasteiger partial charge in [-0.25, -0.2) is 13.4 Å². The highest BCUT2D eigenvalue weighted by Gasteiger charge is 2.16. The third kappa shape index (κ3) is 3.54. The van der Waals surface area contributed by atoms with Crippen LogP contribution >= 0.6 is 0 Å². The Bertz CT molecular complexity index is 949. The number of hydrogen-bond donors (Lipinski definition) is 2. The maximum Gasteiger partial charge on any atom is 0.263 e. The van der Waals surface area contributed by atoms with Crippen LogP contribution in [0.3, 0.4) is 0 Å². The largest absolute Gasteiger partial charge is 0.360 e. The molecule has 124 valence electrons. The van der Waals surface area contributed by atoms with Gasteiger partial charge in [-0.3, -0.25) is 4.72 Å². The van der Waals surface area contributed by atoms with Gasteiger partial charge in [-0.2, -0.15) is 0 Å². The van der Waals surface area contributed by atoms with Crippen molar-refractivity contribution in [3.05, 3.63) is 60.0 Å². The Labute approximate surface area is 139 Å². The minimum Gasteiger partial charge on any atom is -0.360 e. The summed E-state index contributed by atoms with van der Waals surface area (Å²) in [6.45, 7) is 3.54. The summed E-state index contributed by atoms with van der Waals surface area (Å²) in [6.07, 6.45) is 1.51. The highest BCUT2D eigenvalue weighted by atomic mass is 32.2. The lowest BCUT2D eigenvalue weighted by Gasteiger charge is -2.10. The molecule has 8 heteroatoms. The molecule has 0 aliphatic carbocycles. The summed E-state index contributed by atoms with van der Waals surface area (Å²) in [4.78, 5) is 4.34. The van der Waals surface area contributed by atoms with Crippen molar-refractivity contribution in [2.45, 2.75) is 18.7 Å². The Morgan fingerprint density at radius 2 is 1.83 bits per heavy atom. The molecule has 2 N–H and O–H groups in total. The third-order valence-electron chi connectivity index (χ3n) is 3.29. The van der Waals surface area contributed by atoms with Crippen molar-refractivity contribution >= 4 is 27.3 Å². The van der Waals surface area contributed by atoms with E-state index in [4.69, 9.17) is 4.52 Å². The first-order chi connectivity index (χ1) is 11.4. The van der Waals surface area contributed by atoms with E-state index in [9.17, 15) is 8.42 Å². The Hall–Kier alpha value is -2.87. The fourth-order valence-electron chi connectivity index (χ4n) is 2.15. The molecule has 0 fully saturated rings.